The van der Waals surface area contributed by atoms with Crippen LogP contribution in [0.5, 0.6) is 11.5 Å². The molecule has 1 aliphatic carbocycles. The number of pyridine rings is 1. The van der Waals surface area contributed by atoms with Crippen LogP contribution in [0.4, 0.5) is 27.8 Å². The van der Waals surface area contributed by atoms with Gasteiger partial charge in [0.1, 0.15) is 18.2 Å². The van der Waals surface area contributed by atoms with E-state index in [-0.39, 0.29) is 40.8 Å². The molecule has 3 aromatic carbocycles. The smallest absolute Gasteiger partial charge is 0.255 e. The molecule has 246 valence electrons. The zero-order chi connectivity index (χ0) is 34.1. The number of ketones is 1. The first kappa shape index (κ1) is 32.4. The van der Waals surface area contributed by atoms with Crippen molar-refractivity contribution in [2.24, 2.45) is 0 Å². The van der Waals surface area contributed by atoms with Crippen molar-refractivity contribution in [1.82, 2.24) is 10.3 Å². The molecule has 0 spiro atoms. The van der Waals surface area contributed by atoms with Gasteiger partial charge in [-0.15, -0.1) is 0 Å². The Balaban J connectivity index is 1.42. The van der Waals surface area contributed by atoms with Crippen LogP contribution in [0, 0.1) is 29.1 Å². The van der Waals surface area contributed by atoms with Crippen LogP contribution in [-0.2, 0) is 16.2 Å². The molecule has 12 heteroatoms. The van der Waals surface area contributed by atoms with Crippen molar-refractivity contribution in [1.29, 1.82) is 0 Å². The third-order valence-corrected chi connectivity index (χ3v) is 8.43. The number of nitrogens with zero attached hydrogens (tertiary/aromatic N) is 1. The molecule has 7 nitrogen and oxygen atoms in total. The fourth-order valence-corrected chi connectivity index (χ4v) is 6.21. The Morgan fingerprint density at radius 3 is 2.25 bits per heavy atom. The summed E-state index contributed by atoms with van der Waals surface area (Å²) in [4.78, 5) is 32.1. The topological polar surface area (TPSA) is 89.5 Å². The number of hydrogen-bond acceptors (Lipinski definition) is 6. The number of ether oxygens (including phenoxy) is 2. The summed E-state index contributed by atoms with van der Waals surface area (Å²) < 4.78 is 80.7. The largest absolute Gasteiger partial charge is 0.496 e. The summed E-state index contributed by atoms with van der Waals surface area (Å²) in [6, 6.07) is 19.3. The van der Waals surface area contributed by atoms with Crippen molar-refractivity contribution in [3.8, 4) is 11.5 Å². The summed E-state index contributed by atoms with van der Waals surface area (Å²) in [6.07, 6.45) is 2.19. The van der Waals surface area contributed by atoms with Crippen LogP contribution in [-0.4, -0.2) is 23.8 Å². The van der Waals surface area contributed by atoms with Gasteiger partial charge in [-0.2, -0.15) is 8.78 Å². The zero-order valence-electron chi connectivity index (χ0n) is 25.7. The third kappa shape index (κ3) is 6.01. The van der Waals surface area contributed by atoms with E-state index < -0.39 is 53.3 Å². The Labute approximate surface area is 272 Å². The molecule has 2 atom stereocenters. The number of rotatable bonds is 8. The molecule has 0 unspecified atom stereocenters. The normalized spacial score (nSPS) is 17.5. The number of benzene rings is 3. The average molecular weight is 662 g/mol. The van der Waals surface area contributed by atoms with E-state index in [9.17, 15) is 31.5 Å². The van der Waals surface area contributed by atoms with Gasteiger partial charge in [0, 0.05) is 46.6 Å². The van der Waals surface area contributed by atoms with Crippen LogP contribution >= 0.6 is 0 Å². The van der Waals surface area contributed by atoms with E-state index in [0.29, 0.717) is 29.0 Å². The fraction of sp³-hybridized carbons (Fsp3) is 0.194. The molecule has 4 aromatic rings. The van der Waals surface area contributed by atoms with Gasteiger partial charge >= 0.3 is 0 Å². The fourth-order valence-electron chi connectivity index (χ4n) is 6.21. The summed E-state index contributed by atoms with van der Waals surface area (Å²) in [7, 11) is 1.33. The van der Waals surface area contributed by atoms with E-state index in [2.05, 4.69) is 15.6 Å². The van der Waals surface area contributed by atoms with Gasteiger partial charge in [0.25, 0.3) is 5.91 Å². The number of halogens is 5. The van der Waals surface area contributed by atoms with Crippen molar-refractivity contribution < 1.29 is 41.0 Å². The number of nitrogens with one attached hydrogen (secondary N) is 2. The van der Waals surface area contributed by atoms with Crippen molar-refractivity contribution in [2.45, 2.75) is 38.2 Å². The number of amides is 1. The van der Waals surface area contributed by atoms with Gasteiger partial charge < -0.3 is 20.1 Å². The molecular formula is C36H28F5N3O4. The first-order chi connectivity index (χ1) is 23.1. The average Bonchev–Trinajstić information content (AvgIpc) is 3.09. The van der Waals surface area contributed by atoms with E-state index in [0.717, 1.165) is 5.56 Å². The van der Waals surface area contributed by atoms with Crippen molar-refractivity contribution in [3.63, 3.8) is 0 Å². The summed E-state index contributed by atoms with van der Waals surface area (Å²) in [6.45, 7) is 1.05. The number of Topliss-reactive ketones (excluding diaryl/α,β-unsaturated/α-hetero) is 1. The Bertz CT molecular complexity index is 1950. The lowest BCUT2D eigenvalue weighted by Crippen LogP contribution is -2.37. The van der Waals surface area contributed by atoms with Gasteiger partial charge in [-0.3, -0.25) is 9.59 Å². The number of methoxy groups -OCH3 is 1. The quantitative estimate of drug-likeness (QED) is 0.117. The van der Waals surface area contributed by atoms with Gasteiger partial charge in [-0.25, -0.2) is 18.2 Å². The summed E-state index contributed by atoms with van der Waals surface area (Å²) in [5, 5.41) is 6.08. The monoisotopic (exact) mass is 661 g/mol. The Hall–Kier alpha value is -5.52. The van der Waals surface area contributed by atoms with Crippen molar-refractivity contribution in [2.75, 3.05) is 12.4 Å². The van der Waals surface area contributed by atoms with Crippen LogP contribution in [0.1, 0.15) is 48.3 Å². The number of carbonyl (C=O) groups excluding carboxylic acids is 2. The van der Waals surface area contributed by atoms with Crippen molar-refractivity contribution >= 4 is 17.5 Å². The molecule has 0 saturated carbocycles. The second-order valence-corrected chi connectivity index (χ2v) is 11.4. The lowest BCUT2D eigenvalue weighted by atomic mass is 9.71. The lowest BCUT2D eigenvalue weighted by molar-refractivity contribution is -0.116. The number of dihydropyridines is 1. The van der Waals surface area contributed by atoms with Crippen LogP contribution in [0.15, 0.2) is 95.5 Å². The predicted molar refractivity (Wildman–Crippen MR) is 165 cm³/mol. The van der Waals surface area contributed by atoms with Crippen LogP contribution in [0.3, 0.4) is 0 Å². The maximum atomic E-state index is 14.4. The molecule has 2 aliphatic rings. The number of anilines is 1. The Kier molecular flexibility index (Phi) is 8.99. The van der Waals surface area contributed by atoms with Gasteiger partial charge in [-0.05, 0) is 54.7 Å². The molecule has 2 heterocycles. The molecule has 0 radical (unpaired) electrons. The lowest BCUT2D eigenvalue weighted by Gasteiger charge is -2.37. The summed E-state index contributed by atoms with van der Waals surface area (Å²) in [5.41, 5.74) is 3.31. The van der Waals surface area contributed by atoms with Gasteiger partial charge in [-0.1, -0.05) is 42.5 Å². The highest BCUT2D eigenvalue weighted by Crippen LogP contribution is 2.46. The van der Waals surface area contributed by atoms with E-state index in [1.54, 1.807) is 31.2 Å². The number of carbonyl (C=O) groups is 2. The van der Waals surface area contributed by atoms with E-state index in [1.165, 1.54) is 25.4 Å². The van der Waals surface area contributed by atoms with Crippen LogP contribution < -0.4 is 20.1 Å². The SMILES string of the molecule is COc1ccc([C@@H]2C(C(=O)Nc3ccccn3)=C(C)NC3=C2C(=O)C[C@H](c2ccccc2)C3)cc1COc1c(F)c(F)c(F)c(F)c1F. The molecule has 1 amide bonds. The number of allylic oxidation sites excluding steroid dienone is 3. The first-order valence-corrected chi connectivity index (χ1v) is 14.9. The maximum absolute atomic E-state index is 14.4. The standard InChI is InChI=1S/C36H28F5N3O4/c1-18-27(36(46)44-26-10-6-7-13-42-26)28(29-23(43-18)15-21(16-24(29)45)19-8-4-3-5-9-19)20-11-12-25(47-2)22(14-20)17-48-35-33(40)31(38)30(37)32(39)34(35)41/h3-14,21,28,43H,15-17H2,1-2H3,(H,42,44,46)/t21-,28-/m1/s1. The Morgan fingerprint density at radius 1 is 0.896 bits per heavy atom. The number of hydrogen-bond donors (Lipinski definition) is 2. The van der Waals surface area contributed by atoms with E-state index >= 15 is 0 Å². The van der Waals surface area contributed by atoms with Gasteiger partial charge in [0.2, 0.25) is 29.1 Å². The summed E-state index contributed by atoms with van der Waals surface area (Å²) in [5.74, 6) is -13.6. The molecule has 0 fully saturated rings. The molecule has 2 N–H and O–H groups in total. The molecule has 1 aromatic heterocycles. The minimum absolute atomic E-state index is 0.108. The highest BCUT2D eigenvalue weighted by Gasteiger charge is 2.41. The molecule has 0 saturated heterocycles. The first-order valence-electron chi connectivity index (χ1n) is 14.9. The summed E-state index contributed by atoms with van der Waals surface area (Å²) >= 11 is 0. The highest BCUT2D eigenvalue weighted by atomic mass is 19.2. The van der Waals surface area contributed by atoms with Gasteiger partial charge in [0.05, 0.1) is 7.11 Å². The van der Waals surface area contributed by atoms with Crippen LogP contribution in [0.2, 0.25) is 0 Å². The predicted octanol–water partition coefficient (Wildman–Crippen LogP) is 7.37. The molecule has 6 rings (SSSR count). The highest BCUT2D eigenvalue weighted by molar-refractivity contribution is 6.09. The second kappa shape index (κ2) is 13.3. The molecular weight excluding hydrogens is 633 g/mol. The minimum Gasteiger partial charge on any atom is -0.496 e. The zero-order valence-corrected chi connectivity index (χ0v) is 25.7. The number of aromatic nitrogens is 1. The van der Waals surface area contributed by atoms with E-state index in [4.69, 9.17) is 9.47 Å². The van der Waals surface area contributed by atoms with E-state index in [1.807, 2.05) is 30.3 Å². The van der Waals surface area contributed by atoms with Crippen molar-refractivity contribution in [3.05, 3.63) is 141 Å². The van der Waals surface area contributed by atoms with Gasteiger partial charge in [0.15, 0.2) is 11.5 Å². The molecule has 0 bridgehead atoms. The molecule has 48 heavy (non-hydrogen) atoms. The minimum atomic E-state index is -2.31. The Morgan fingerprint density at radius 2 is 1.58 bits per heavy atom. The third-order valence-electron chi connectivity index (χ3n) is 8.43. The molecule has 1 aliphatic heterocycles. The second-order valence-electron chi connectivity index (χ2n) is 11.4. The van der Waals surface area contributed by atoms with Crippen LogP contribution in [0.25, 0.3) is 0 Å². The maximum Gasteiger partial charge on any atom is 0.255 e.